The highest BCUT2D eigenvalue weighted by molar-refractivity contribution is 6.31. The van der Waals surface area contributed by atoms with Gasteiger partial charge < -0.3 is 15.4 Å². The molecule has 0 saturated carbocycles. The first-order valence-electron chi connectivity index (χ1n) is 7.73. The van der Waals surface area contributed by atoms with E-state index in [1.165, 1.54) is 0 Å². The van der Waals surface area contributed by atoms with Crippen LogP contribution in [0.2, 0.25) is 5.02 Å². The lowest BCUT2D eigenvalue weighted by Gasteiger charge is -2.13. The predicted molar refractivity (Wildman–Crippen MR) is 99.6 cm³/mol. The van der Waals surface area contributed by atoms with Gasteiger partial charge in [-0.3, -0.25) is 4.98 Å². The molecule has 0 aliphatic heterocycles. The van der Waals surface area contributed by atoms with Gasteiger partial charge in [0.2, 0.25) is 5.95 Å². The van der Waals surface area contributed by atoms with Gasteiger partial charge in [0.25, 0.3) is 0 Å². The zero-order valence-corrected chi connectivity index (χ0v) is 14.7. The number of hydrogen-bond acceptors (Lipinski definition) is 6. The molecule has 2 N–H and O–H groups in total. The van der Waals surface area contributed by atoms with Crippen LogP contribution in [0.1, 0.15) is 11.3 Å². The van der Waals surface area contributed by atoms with E-state index >= 15 is 0 Å². The summed E-state index contributed by atoms with van der Waals surface area (Å²) in [7, 11) is 1.60. The number of benzene rings is 1. The molecule has 0 fully saturated rings. The maximum atomic E-state index is 6.14. The van der Waals surface area contributed by atoms with Crippen LogP contribution in [0.25, 0.3) is 0 Å². The SMILES string of the molecule is COc1cc(Cl)c(C)cc1Nc1nccc(NCc2ccccn2)n1. The number of halogens is 1. The van der Waals surface area contributed by atoms with Crippen molar-refractivity contribution in [1.82, 2.24) is 15.0 Å². The Labute approximate surface area is 151 Å². The molecule has 1 aromatic carbocycles. The van der Waals surface area contributed by atoms with Gasteiger partial charge in [-0.2, -0.15) is 4.98 Å². The quantitative estimate of drug-likeness (QED) is 0.690. The number of pyridine rings is 1. The van der Waals surface area contributed by atoms with Gasteiger partial charge in [0.15, 0.2) is 0 Å². The third-order valence-electron chi connectivity index (χ3n) is 3.56. The highest BCUT2D eigenvalue weighted by atomic mass is 35.5. The average molecular weight is 356 g/mol. The lowest BCUT2D eigenvalue weighted by molar-refractivity contribution is 0.416. The number of rotatable bonds is 6. The van der Waals surface area contributed by atoms with Crippen LogP contribution in [0, 0.1) is 6.92 Å². The number of anilines is 3. The maximum Gasteiger partial charge on any atom is 0.229 e. The fourth-order valence-corrected chi connectivity index (χ4v) is 2.41. The summed E-state index contributed by atoms with van der Waals surface area (Å²) in [5.41, 5.74) is 2.63. The summed E-state index contributed by atoms with van der Waals surface area (Å²) in [4.78, 5) is 13.0. The number of nitrogens with one attached hydrogen (secondary N) is 2. The molecule has 128 valence electrons. The molecule has 0 aliphatic rings. The second-order valence-electron chi connectivity index (χ2n) is 5.37. The lowest BCUT2D eigenvalue weighted by atomic mass is 10.2. The molecule has 0 spiro atoms. The molecule has 2 aromatic heterocycles. The van der Waals surface area contributed by atoms with E-state index in [0.717, 1.165) is 16.9 Å². The molecule has 0 saturated heterocycles. The highest BCUT2D eigenvalue weighted by Crippen LogP contribution is 2.32. The van der Waals surface area contributed by atoms with Gasteiger partial charge >= 0.3 is 0 Å². The van der Waals surface area contributed by atoms with Crippen LogP contribution in [0.4, 0.5) is 17.5 Å². The molecule has 0 amide bonds. The van der Waals surface area contributed by atoms with E-state index in [1.807, 2.05) is 31.2 Å². The lowest BCUT2D eigenvalue weighted by Crippen LogP contribution is -2.05. The summed E-state index contributed by atoms with van der Waals surface area (Å²) in [6.07, 6.45) is 3.45. The van der Waals surface area contributed by atoms with Crippen molar-refractivity contribution in [2.45, 2.75) is 13.5 Å². The van der Waals surface area contributed by atoms with Crippen LogP contribution in [-0.2, 0) is 6.54 Å². The van der Waals surface area contributed by atoms with E-state index in [0.29, 0.717) is 29.1 Å². The van der Waals surface area contributed by atoms with Crippen LogP contribution >= 0.6 is 11.6 Å². The van der Waals surface area contributed by atoms with E-state index in [-0.39, 0.29) is 0 Å². The topological polar surface area (TPSA) is 72.0 Å². The zero-order chi connectivity index (χ0) is 17.6. The molecule has 0 atom stereocenters. The van der Waals surface area contributed by atoms with Crippen molar-refractivity contribution in [3.05, 3.63) is 65.1 Å². The van der Waals surface area contributed by atoms with Gasteiger partial charge in [0.05, 0.1) is 25.0 Å². The molecule has 0 bridgehead atoms. The van der Waals surface area contributed by atoms with Gasteiger partial charge in [0, 0.05) is 23.5 Å². The van der Waals surface area contributed by atoms with Crippen LogP contribution in [0.5, 0.6) is 5.75 Å². The Morgan fingerprint density at radius 1 is 1.12 bits per heavy atom. The van der Waals surface area contributed by atoms with Crippen LogP contribution < -0.4 is 15.4 Å². The molecular formula is C18H18ClN5O. The number of aryl methyl sites for hydroxylation is 1. The Bertz CT molecular complexity index is 857. The summed E-state index contributed by atoms with van der Waals surface area (Å²) in [6, 6.07) is 11.3. The van der Waals surface area contributed by atoms with Crippen molar-refractivity contribution in [3.63, 3.8) is 0 Å². The van der Waals surface area contributed by atoms with E-state index in [1.54, 1.807) is 31.6 Å². The van der Waals surface area contributed by atoms with E-state index in [2.05, 4.69) is 25.6 Å². The molecule has 0 aliphatic carbocycles. The first-order valence-corrected chi connectivity index (χ1v) is 8.11. The summed E-state index contributed by atoms with van der Waals surface area (Å²) in [5, 5.41) is 7.05. The average Bonchev–Trinajstić information content (AvgIpc) is 2.64. The third-order valence-corrected chi connectivity index (χ3v) is 3.97. The van der Waals surface area contributed by atoms with Crippen molar-refractivity contribution < 1.29 is 4.74 Å². The van der Waals surface area contributed by atoms with Crippen molar-refractivity contribution in [1.29, 1.82) is 0 Å². The highest BCUT2D eigenvalue weighted by Gasteiger charge is 2.09. The van der Waals surface area contributed by atoms with Crippen LogP contribution in [-0.4, -0.2) is 22.1 Å². The number of nitrogens with zero attached hydrogens (tertiary/aromatic N) is 3. The third kappa shape index (κ3) is 4.36. The molecule has 6 nitrogen and oxygen atoms in total. The minimum Gasteiger partial charge on any atom is -0.495 e. The van der Waals surface area contributed by atoms with Crippen LogP contribution in [0.3, 0.4) is 0 Å². The van der Waals surface area contributed by atoms with Gasteiger partial charge in [-0.1, -0.05) is 17.7 Å². The number of methoxy groups -OCH3 is 1. The minimum absolute atomic E-state index is 0.464. The fraction of sp³-hybridized carbons (Fsp3) is 0.167. The van der Waals surface area contributed by atoms with E-state index in [4.69, 9.17) is 16.3 Å². The minimum atomic E-state index is 0.464. The first-order chi connectivity index (χ1) is 12.2. The molecule has 25 heavy (non-hydrogen) atoms. The Morgan fingerprint density at radius 2 is 2.00 bits per heavy atom. The molecule has 3 rings (SSSR count). The molecular weight excluding hydrogens is 338 g/mol. The van der Waals surface area contributed by atoms with Crippen molar-refractivity contribution in [3.8, 4) is 5.75 Å². The first kappa shape index (κ1) is 17.0. The molecule has 3 aromatic rings. The maximum absolute atomic E-state index is 6.14. The Balaban J connectivity index is 1.75. The van der Waals surface area contributed by atoms with E-state index < -0.39 is 0 Å². The summed E-state index contributed by atoms with van der Waals surface area (Å²) < 4.78 is 5.36. The van der Waals surface area contributed by atoms with Gasteiger partial charge in [0.1, 0.15) is 11.6 Å². The van der Waals surface area contributed by atoms with Crippen molar-refractivity contribution >= 4 is 29.1 Å². The molecule has 0 radical (unpaired) electrons. The summed E-state index contributed by atoms with van der Waals surface area (Å²) in [5.74, 6) is 1.80. The standard InChI is InChI=1S/C18H18ClN5O/c1-12-9-15(16(25-2)10-14(12)19)23-18-21-8-6-17(24-18)22-11-13-5-3-4-7-20-13/h3-10H,11H2,1-2H3,(H2,21,22,23,24). The van der Waals surface area contributed by atoms with E-state index in [9.17, 15) is 0 Å². The molecule has 0 unspecified atom stereocenters. The normalized spacial score (nSPS) is 10.4. The van der Waals surface area contributed by atoms with Crippen LogP contribution in [0.15, 0.2) is 48.8 Å². The Morgan fingerprint density at radius 3 is 2.76 bits per heavy atom. The van der Waals surface area contributed by atoms with Gasteiger partial charge in [-0.15, -0.1) is 0 Å². The summed E-state index contributed by atoms with van der Waals surface area (Å²) >= 11 is 6.14. The molecule has 7 heteroatoms. The predicted octanol–water partition coefficient (Wildman–Crippen LogP) is 4.20. The number of ether oxygens (including phenoxy) is 1. The Hall–Kier alpha value is -2.86. The number of aromatic nitrogens is 3. The second kappa shape index (κ2) is 7.81. The largest absolute Gasteiger partial charge is 0.495 e. The second-order valence-corrected chi connectivity index (χ2v) is 5.77. The summed E-state index contributed by atoms with van der Waals surface area (Å²) in [6.45, 7) is 2.51. The number of hydrogen-bond donors (Lipinski definition) is 2. The monoisotopic (exact) mass is 355 g/mol. The zero-order valence-electron chi connectivity index (χ0n) is 14.0. The Kier molecular flexibility index (Phi) is 5.30. The fourth-order valence-electron chi connectivity index (χ4n) is 2.25. The smallest absolute Gasteiger partial charge is 0.229 e. The van der Waals surface area contributed by atoms with Crippen molar-refractivity contribution in [2.75, 3.05) is 17.7 Å². The van der Waals surface area contributed by atoms with Crippen molar-refractivity contribution in [2.24, 2.45) is 0 Å². The molecule has 2 heterocycles. The van der Waals surface area contributed by atoms with Gasteiger partial charge in [-0.25, -0.2) is 4.98 Å². The van der Waals surface area contributed by atoms with Gasteiger partial charge in [-0.05, 0) is 36.8 Å².